The molecular weight excluding hydrogens is 289 g/mol. The molecule has 0 saturated carbocycles. The van der Waals surface area contributed by atoms with Crippen LogP contribution in [0.1, 0.15) is 2.85 Å². The average molecular weight is 293 g/mol. The summed E-state index contributed by atoms with van der Waals surface area (Å²) in [6, 6.07) is 0. The van der Waals surface area contributed by atoms with Crippen LogP contribution in [0.3, 0.4) is 0 Å². The molecule has 0 fully saturated rings. The van der Waals surface area contributed by atoms with E-state index in [-0.39, 0.29) is 77.9 Å². The van der Waals surface area contributed by atoms with Crippen molar-refractivity contribution in [2.45, 2.75) is 0 Å². The second kappa shape index (κ2) is 9.87. The summed E-state index contributed by atoms with van der Waals surface area (Å²) in [7, 11) is 0. The molecule has 0 aromatic rings. The first-order valence-corrected chi connectivity index (χ1v) is 0.651. The van der Waals surface area contributed by atoms with Gasteiger partial charge in [0.25, 0.3) is 0 Å². The fourth-order valence-electron chi connectivity index (χ4n) is 0. The molecule has 32 valence electrons. The van der Waals surface area contributed by atoms with Gasteiger partial charge in [0.15, 0.2) is 0 Å². The predicted octanol–water partition coefficient (Wildman–Crippen LogP) is 0.0641. The van der Waals surface area contributed by atoms with Gasteiger partial charge >= 0.3 is 55.0 Å². The van der Waals surface area contributed by atoms with E-state index in [1.807, 2.05) is 0 Å². The standard InChI is InChI=1S/CH2O3.Ba.Zr.2H/c2-1(3)4;;;;/h(H2,2,3,4);;;;/q;+2;;2*-1. The maximum atomic E-state index is 8.56. The van der Waals surface area contributed by atoms with E-state index in [0.717, 1.165) is 0 Å². The van der Waals surface area contributed by atoms with Crippen LogP contribution in [-0.4, -0.2) is 65.2 Å². The van der Waals surface area contributed by atoms with E-state index in [1.165, 1.54) is 0 Å². The Balaban J connectivity index is -0.00000000750. The van der Waals surface area contributed by atoms with Crippen LogP contribution < -0.4 is 0 Å². The van der Waals surface area contributed by atoms with Crippen molar-refractivity contribution < 1.29 is 44.1 Å². The van der Waals surface area contributed by atoms with Gasteiger partial charge in [-0.1, -0.05) is 0 Å². The molecule has 5 heteroatoms. The van der Waals surface area contributed by atoms with Crippen LogP contribution in [0.25, 0.3) is 0 Å². The second-order valence-corrected chi connectivity index (χ2v) is 0.283. The molecule has 2 N–H and O–H groups in total. The third kappa shape index (κ3) is 43.0. The van der Waals surface area contributed by atoms with Crippen LogP contribution in [0.5, 0.6) is 0 Å². The summed E-state index contributed by atoms with van der Waals surface area (Å²) in [5.74, 6) is 0. The van der Waals surface area contributed by atoms with Crippen molar-refractivity contribution in [3.63, 3.8) is 0 Å². The quantitative estimate of drug-likeness (QED) is 0.621. The van der Waals surface area contributed by atoms with Gasteiger partial charge in [0.05, 0.1) is 0 Å². The Morgan fingerprint density at radius 3 is 1.50 bits per heavy atom. The maximum Gasteiger partial charge on any atom is 2.00 e. The summed E-state index contributed by atoms with van der Waals surface area (Å²) in [6.07, 6.45) is -1.83. The van der Waals surface area contributed by atoms with Gasteiger partial charge in [0.2, 0.25) is 0 Å². The van der Waals surface area contributed by atoms with Crippen LogP contribution in [0.15, 0.2) is 0 Å². The van der Waals surface area contributed by atoms with Gasteiger partial charge in [0, 0.05) is 26.2 Å². The average Bonchev–Trinajstić information content (AvgIpc) is 0.811. The van der Waals surface area contributed by atoms with Crippen molar-refractivity contribution in [3.8, 4) is 0 Å². The molecule has 3 nitrogen and oxygen atoms in total. The summed E-state index contributed by atoms with van der Waals surface area (Å²) >= 11 is 0. The Labute approximate surface area is 97.3 Å². The van der Waals surface area contributed by atoms with Crippen LogP contribution in [0.2, 0.25) is 0 Å². The van der Waals surface area contributed by atoms with E-state index in [9.17, 15) is 0 Å². The third-order valence-corrected chi connectivity index (χ3v) is 0. The molecule has 0 heterocycles. The fraction of sp³-hybridized carbons (Fsp3) is 0. The van der Waals surface area contributed by atoms with Crippen LogP contribution in [-0.2, 0) is 26.2 Å². The SMILES string of the molecule is O=C(O)O.[Ba+2].[H-].[H-].[Zr]. The summed E-state index contributed by atoms with van der Waals surface area (Å²) in [6.45, 7) is 0. The van der Waals surface area contributed by atoms with Gasteiger partial charge in [-0.2, -0.15) is 0 Å². The van der Waals surface area contributed by atoms with Crippen molar-refractivity contribution in [2.24, 2.45) is 0 Å². The molecule has 0 unspecified atom stereocenters. The molecule has 0 aliphatic heterocycles. The van der Waals surface area contributed by atoms with Crippen molar-refractivity contribution in [1.82, 2.24) is 0 Å². The van der Waals surface area contributed by atoms with E-state index in [1.54, 1.807) is 0 Å². The number of carbonyl (C=O) groups is 1. The molecule has 6 heavy (non-hydrogen) atoms. The minimum atomic E-state index is -1.83. The number of hydrogen-bond donors (Lipinski definition) is 2. The zero-order valence-electron chi connectivity index (χ0n) is 5.01. The van der Waals surface area contributed by atoms with Gasteiger partial charge in [-0.3, -0.25) is 0 Å². The van der Waals surface area contributed by atoms with Crippen molar-refractivity contribution in [2.75, 3.05) is 0 Å². The monoisotopic (exact) mass is 292 g/mol. The van der Waals surface area contributed by atoms with Crippen molar-refractivity contribution >= 4 is 55.0 Å². The Hall–Kier alpha value is 1.72. The predicted molar refractivity (Wildman–Crippen MR) is 18.6 cm³/mol. The summed E-state index contributed by atoms with van der Waals surface area (Å²) in [5, 5.41) is 13.9. The minimum Gasteiger partial charge on any atom is -1.00 e. The van der Waals surface area contributed by atoms with Crippen LogP contribution in [0, 0.1) is 0 Å². The molecule has 0 rings (SSSR count). The Bertz CT molecular complexity index is 40.3. The first-order valence-electron chi connectivity index (χ1n) is 0.651. The van der Waals surface area contributed by atoms with E-state index in [0.29, 0.717) is 0 Å². The second-order valence-electron chi connectivity index (χ2n) is 0.283. The molecule has 0 bridgehead atoms. The Morgan fingerprint density at radius 2 is 1.50 bits per heavy atom. The van der Waals surface area contributed by atoms with E-state index < -0.39 is 6.16 Å². The van der Waals surface area contributed by atoms with Gasteiger partial charge in [0.1, 0.15) is 0 Å². The molecule has 0 aromatic carbocycles. The van der Waals surface area contributed by atoms with Crippen molar-refractivity contribution in [3.05, 3.63) is 0 Å². The summed E-state index contributed by atoms with van der Waals surface area (Å²) in [4.78, 5) is 8.56. The molecule has 0 saturated heterocycles. The molecule has 0 spiro atoms. The zero-order chi connectivity index (χ0) is 3.58. The minimum absolute atomic E-state index is 0. The normalized spacial score (nSPS) is 4.00. The first kappa shape index (κ1) is 15.6. The van der Waals surface area contributed by atoms with Gasteiger partial charge < -0.3 is 13.1 Å². The smallest absolute Gasteiger partial charge is 1.00 e. The van der Waals surface area contributed by atoms with Gasteiger partial charge in [-0.15, -0.1) is 0 Å². The molecule has 0 atom stereocenters. The summed E-state index contributed by atoms with van der Waals surface area (Å²) in [5.41, 5.74) is 0. The van der Waals surface area contributed by atoms with Gasteiger partial charge in [-0.25, -0.2) is 4.79 Å². The fourth-order valence-corrected chi connectivity index (χ4v) is 0. The first-order chi connectivity index (χ1) is 1.73. The molecule has 0 aromatic heterocycles. The molecule has 0 radical (unpaired) electrons. The number of hydrogen-bond acceptors (Lipinski definition) is 1. The maximum absolute atomic E-state index is 8.56. The molecule has 0 aliphatic carbocycles. The molecule has 0 amide bonds. The van der Waals surface area contributed by atoms with Crippen molar-refractivity contribution in [1.29, 1.82) is 0 Å². The Kier molecular flexibility index (Phi) is 25.7. The van der Waals surface area contributed by atoms with Crippen LogP contribution >= 0.6 is 0 Å². The van der Waals surface area contributed by atoms with Crippen LogP contribution in [0.4, 0.5) is 4.79 Å². The zero-order valence-corrected chi connectivity index (χ0v) is 9.91. The van der Waals surface area contributed by atoms with Gasteiger partial charge in [-0.05, 0) is 0 Å². The van der Waals surface area contributed by atoms with E-state index in [4.69, 9.17) is 15.0 Å². The largest absolute Gasteiger partial charge is 2.00 e. The third-order valence-electron chi connectivity index (χ3n) is 0. The number of carboxylic acid groups (broad SMARTS) is 2. The van der Waals surface area contributed by atoms with E-state index in [2.05, 4.69) is 0 Å². The topological polar surface area (TPSA) is 57.5 Å². The molecule has 0 aliphatic rings. The molecular formula is CH4BaO3Zr. The van der Waals surface area contributed by atoms with E-state index >= 15 is 0 Å². The Morgan fingerprint density at radius 1 is 1.50 bits per heavy atom. The number of rotatable bonds is 0. The summed E-state index contributed by atoms with van der Waals surface area (Å²) < 4.78 is 0.